The van der Waals surface area contributed by atoms with Gasteiger partial charge in [0, 0.05) is 75.5 Å². The van der Waals surface area contributed by atoms with Gasteiger partial charge in [-0.25, -0.2) is 0 Å². The molecular weight excluding hydrogens is 1310 g/mol. The Hall–Kier alpha value is -7.62. The van der Waals surface area contributed by atoms with Crippen molar-refractivity contribution >= 4 is 37.1 Å². The lowest BCUT2D eigenvalue weighted by molar-refractivity contribution is -0.138. The van der Waals surface area contributed by atoms with Crippen LogP contribution in [0.4, 0.5) is 13.2 Å². The summed E-state index contributed by atoms with van der Waals surface area (Å²) in [6, 6.07) is 42.5. The van der Waals surface area contributed by atoms with E-state index in [0.717, 1.165) is 105 Å². The summed E-state index contributed by atoms with van der Waals surface area (Å²) in [6.45, 7) is 22.3. The average Bonchev–Trinajstić information content (AvgIpc) is 1.82. The number of benzene rings is 6. The van der Waals surface area contributed by atoms with Crippen LogP contribution in [0.25, 0.3) is 18.2 Å². The summed E-state index contributed by atoms with van der Waals surface area (Å²) in [6.07, 6.45) is 12.8. The zero-order valence-electron chi connectivity index (χ0n) is 62.4. The zero-order chi connectivity index (χ0) is 74.9. The Morgan fingerprint density at radius 1 is 0.505 bits per heavy atom. The van der Waals surface area contributed by atoms with Crippen LogP contribution in [0.5, 0.6) is 0 Å². The van der Waals surface area contributed by atoms with Gasteiger partial charge in [0.2, 0.25) is 0 Å². The lowest BCUT2D eigenvalue weighted by atomic mass is 9.88. The van der Waals surface area contributed by atoms with Crippen molar-refractivity contribution in [2.75, 3.05) is 60.4 Å². The molecule has 3 aliphatic rings. The molecule has 3 atom stereocenters. The number of rotatable bonds is 36. The molecule has 0 heterocycles. The predicted octanol–water partition coefficient (Wildman–Crippen LogP) is 13.4. The summed E-state index contributed by atoms with van der Waals surface area (Å²) in [5, 5.41) is 51.3. The van der Waals surface area contributed by atoms with E-state index in [9.17, 15) is 42.9 Å². The van der Waals surface area contributed by atoms with E-state index in [-0.39, 0.29) is 53.7 Å². The number of β-amino-alcohol motifs (C(OH)–C–C–N with tert-alkyl or cyclic N) is 3. The quantitative estimate of drug-likeness (QED) is 0.0145. The number of carbonyl (C=O) groups excluding carboxylic acids is 2. The first-order valence-corrected chi connectivity index (χ1v) is 36.2. The van der Waals surface area contributed by atoms with Gasteiger partial charge >= 0.3 is 12.1 Å². The molecule has 0 radical (unpaired) electrons. The number of alkyl halides is 3. The molecule has 0 spiro atoms. The van der Waals surface area contributed by atoms with Gasteiger partial charge in [-0.3, -0.25) is 29.1 Å². The molecular formula is C85H113F3N6O9. The number of fused-ring (bicyclic) bond motifs is 3. The number of hydrogen-bond acceptors (Lipinski definition) is 14. The van der Waals surface area contributed by atoms with Crippen molar-refractivity contribution in [1.29, 1.82) is 0 Å². The highest BCUT2D eigenvalue weighted by molar-refractivity contribution is 5.70. The second-order valence-corrected chi connectivity index (χ2v) is 31.0. The van der Waals surface area contributed by atoms with E-state index in [1.807, 2.05) is 46.2 Å². The van der Waals surface area contributed by atoms with Crippen LogP contribution in [-0.2, 0) is 88.2 Å². The van der Waals surface area contributed by atoms with Gasteiger partial charge in [-0.1, -0.05) is 133 Å². The maximum Gasteiger partial charge on any atom is 0.416 e. The number of aliphatic hydroxyl groups is 3. The van der Waals surface area contributed by atoms with E-state index in [4.69, 9.17) is 5.11 Å². The Labute approximate surface area is 610 Å². The van der Waals surface area contributed by atoms with Gasteiger partial charge in [-0.2, -0.15) is 13.2 Å². The largest absolute Gasteiger partial charge is 0.481 e. The third kappa shape index (κ3) is 28.7. The van der Waals surface area contributed by atoms with Gasteiger partial charge in [0.15, 0.2) is 0 Å². The summed E-state index contributed by atoms with van der Waals surface area (Å²) in [7, 11) is 5.75. The van der Waals surface area contributed by atoms with E-state index < -0.39 is 36.0 Å². The Kier molecular flexibility index (Phi) is 31.7. The molecule has 558 valence electrons. The number of carboxylic acids is 1. The molecule has 15 nitrogen and oxygen atoms in total. The maximum absolute atomic E-state index is 13.6. The summed E-state index contributed by atoms with van der Waals surface area (Å²) in [4.78, 5) is 37.1. The Balaban J connectivity index is 0.000000216. The van der Waals surface area contributed by atoms with E-state index >= 15 is 0 Å². The first kappa shape index (κ1) is 82.7. The van der Waals surface area contributed by atoms with Crippen molar-refractivity contribution in [3.05, 3.63) is 229 Å². The molecule has 0 amide bonds. The Morgan fingerprint density at radius 2 is 0.854 bits per heavy atom. The zero-order valence-corrected chi connectivity index (χ0v) is 62.4. The van der Waals surface area contributed by atoms with Crippen molar-refractivity contribution in [3.63, 3.8) is 0 Å². The Morgan fingerprint density at radius 3 is 1.19 bits per heavy atom. The lowest BCUT2D eigenvalue weighted by Crippen LogP contribution is -2.47. The standard InChI is InChI=1S/C29H40N2O3.C28H35F3N2O3.C28H38N2O3/c1-21-14-22(12-13-24(21)10-7-11-28(33)34)19-31(4)20-27(32)18-30-29(2,3)17-23-15-25-8-5-6-9-26(25)16-23;1-27(2,15-21-12-22-6-4-5-7-23(22)13-21)32-16-25(35)18-33(3)17-24-9-8-20(10-11-36-19-34)14-26(24)28(29,30)31;1-21-13-22(9-10-24(21)11-12-33-20-31)18-30(4)19-27(32)17-29-28(2,3)16-23-14-25-7-5-6-8-26(25)15-23/h5-10,12-14,23,27,30,32H,11,15-20H2,1-4H3,(H,33,34);4-11,14,19,21,25,32,35H,12-13,15-18H2,1-3H3;5-13,20,23,27,29,32H,14-19H2,1-4H3/b10-7+;11-10+;12-11+/t27-;25-;27-/m111/s1. The van der Waals surface area contributed by atoms with Crippen LogP contribution < -0.4 is 16.0 Å². The summed E-state index contributed by atoms with van der Waals surface area (Å²) in [5.74, 6) is 1.04. The number of nitrogens with one attached hydrogen (secondary N) is 3. The molecule has 0 unspecified atom stereocenters. The fraction of sp³-hybridized carbons (Fsp3) is 0.471. The van der Waals surface area contributed by atoms with Crippen LogP contribution in [0.15, 0.2) is 146 Å². The molecule has 0 aromatic heterocycles. The second kappa shape index (κ2) is 39.5. The molecule has 103 heavy (non-hydrogen) atoms. The molecule has 9 rings (SSSR count). The van der Waals surface area contributed by atoms with E-state index in [1.165, 1.54) is 69.0 Å². The SMILES string of the molecule is CN(Cc1ccc(/C=C/OC=O)cc1C(F)(F)F)C[C@H](O)CNC(C)(C)CC1Cc2ccccc2C1.Cc1cc(CN(C)C[C@H](O)CNC(C)(C)CC2Cc3ccccc3C2)ccc1/C=C/CC(=O)O.Cc1cc(CN(C)C[C@H](O)CNC(C)(C)CC2Cc3ccccc3C2)ccc1/C=C/OC=O. The fourth-order valence-corrected chi connectivity index (χ4v) is 15.1. The van der Waals surface area contributed by atoms with Crippen LogP contribution in [0.2, 0.25) is 0 Å². The van der Waals surface area contributed by atoms with Crippen LogP contribution in [-0.4, -0.2) is 149 Å². The molecule has 0 saturated heterocycles. The number of carbonyl (C=O) groups is 3. The molecule has 0 aliphatic heterocycles. The molecule has 0 fully saturated rings. The van der Waals surface area contributed by atoms with Crippen molar-refractivity contribution in [3.8, 4) is 0 Å². The first-order chi connectivity index (χ1) is 48.8. The highest BCUT2D eigenvalue weighted by Crippen LogP contribution is 2.36. The van der Waals surface area contributed by atoms with Crippen LogP contribution in [0.3, 0.4) is 0 Å². The highest BCUT2D eigenvalue weighted by Gasteiger charge is 2.35. The molecule has 7 N–H and O–H groups in total. The Bertz CT molecular complexity index is 3700. The summed E-state index contributed by atoms with van der Waals surface area (Å²) >= 11 is 0. The van der Waals surface area contributed by atoms with Gasteiger partial charge in [0.05, 0.1) is 42.8 Å². The predicted molar refractivity (Wildman–Crippen MR) is 407 cm³/mol. The maximum atomic E-state index is 13.6. The summed E-state index contributed by atoms with van der Waals surface area (Å²) in [5.41, 5.74) is 14.9. The van der Waals surface area contributed by atoms with Gasteiger partial charge in [-0.05, 0) is 248 Å². The number of aliphatic hydroxyl groups excluding tert-OH is 3. The smallest absolute Gasteiger partial charge is 0.416 e. The molecule has 0 saturated carbocycles. The van der Waals surface area contributed by atoms with Crippen LogP contribution >= 0.6 is 0 Å². The summed E-state index contributed by atoms with van der Waals surface area (Å²) < 4.78 is 50.0. The van der Waals surface area contributed by atoms with Gasteiger partial charge < -0.3 is 45.9 Å². The van der Waals surface area contributed by atoms with Crippen molar-refractivity contribution in [2.45, 2.75) is 180 Å². The monoisotopic (exact) mass is 1420 g/mol. The third-order valence-electron chi connectivity index (χ3n) is 19.6. The molecule has 6 aromatic rings. The van der Waals surface area contributed by atoms with E-state index in [2.05, 4.69) is 174 Å². The highest BCUT2D eigenvalue weighted by atomic mass is 19.4. The van der Waals surface area contributed by atoms with E-state index in [0.29, 0.717) is 56.9 Å². The average molecular weight is 1420 g/mol. The number of hydrogen-bond donors (Lipinski definition) is 7. The molecule has 18 heteroatoms. The molecule has 0 bridgehead atoms. The number of likely N-dealkylation sites (N-methyl/N-ethyl adjacent to an activating group) is 3. The van der Waals surface area contributed by atoms with Crippen molar-refractivity contribution < 1.29 is 57.5 Å². The number of aliphatic carboxylic acids is 1. The van der Waals surface area contributed by atoms with Gasteiger partial charge in [-0.15, -0.1) is 0 Å². The fourth-order valence-electron chi connectivity index (χ4n) is 15.1. The lowest BCUT2D eigenvalue weighted by Gasteiger charge is -2.31. The van der Waals surface area contributed by atoms with Gasteiger partial charge in [0.1, 0.15) is 0 Å². The van der Waals surface area contributed by atoms with Crippen LogP contribution in [0.1, 0.15) is 151 Å². The first-order valence-electron chi connectivity index (χ1n) is 36.2. The topological polar surface area (TPSA) is 196 Å². The van der Waals surface area contributed by atoms with Crippen LogP contribution in [0, 0.1) is 31.6 Å². The minimum absolute atomic E-state index is 0.0136. The number of carboxylic acid groups (broad SMARTS) is 1. The minimum Gasteiger partial charge on any atom is -0.481 e. The second-order valence-electron chi connectivity index (χ2n) is 31.0. The van der Waals surface area contributed by atoms with Gasteiger partial charge in [0.25, 0.3) is 12.9 Å². The number of halogens is 3. The number of aryl methyl sites for hydroxylation is 2. The van der Waals surface area contributed by atoms with Crippen molar-refractivity contribution in [1.82, 2.24) is 30.7 Å². The van der Waals surface area contributed by atoms with Crippen molar-refractivity contribution in [2.24, 2.45) is 17.8 Å². The number of nitrogens with zero attached hydrogens (tertiary/aromatic N) is 3. The third-order valence-corrected chi connectivity index (χ3v) is 19.6. The molecule has 3 aliphatic carbocycles. The number of ether oxygens (including phenoxy) is 2. The van der Waals surface area contributed by atoms with E-state index in [1.54, 1.807) is 24.1 Å². The molecule has 6 aromatic carbocycles. The normalized spacial score (nSPS) is 15.3. The minimum atomic E-state index is -4.53.